The van der Waals surface area contributed by atoms with Gasteiger partial charge in [-0.15, -0.1) is 0 Å². The molecule has 164 valence electrons. The Balaban J connectivity index is 1.31. The summed E-state index contributed by atoms with van der Waals surface area (Å²) < 4.78 is 0. The van der Waals surface area contributed by atoms with Crippen LogP contribution in [0.25, 0.3) is 22.6 Å². The molecule has 2 N–H and O–H groups in total. The van der Waals surface area contributed by atoms with Gasteiger partial charge in [-0.2, -0.15) is 0 Å². The first-order valence-electron chi connectivity index (χ1n) is 10.7. The third-order valence-corrected chi connectivity index (χ3v) is 5.73. The zero-order valence-electron chi connectivity index (χ0n) is 17.9. The van der Waals surface area contributed by atoms with E-state index < -0.39 is 0 Å². The van der Waals surface area contributed by atoms with Crippen LogP contribution in [-0.4, -0.2) is 31.3 Å². The van der Waals surface area contributed by atoms with Crippen LogP contribution in [0.3, 0.4) is 0 Å². The number of anilines is 1. The minimum absolute atomic E-state index is 0.0608. The first-order valence-corrected chi connectivity index (χ1v) is 10.7. The van der Waals surface area contributed by atoms with Gasteiger partial charge in [-0.3, -0.25) is 20.0 Å². The Morgan fingerprint density at radius 2 is 1.82 bits per heavy atom. The topological polar surface area (TPSA) is 111 Å². The van der Waals surface area contributed by atoms with Crippen molar-refractivity contribution >= 4 is 11.4 Å². The number of nitro groups is 1. The monoisotopic (exact) mass is 438 g/mol. The van der Waals surface area contributed by atoms with E-state index in [1.54, 1.807) is 12.1 Å². The van der Waals surface area contributed by atoms with E-state index >= 15 is 0 Å². The highest BCUT2D eigenvalue weighted by Gasteiger charge is 2.19. The van der Waals surface area contributed by atoms with Gasteiger partial charge in [0.05, 0.1) is 22.0 Å². The third-order valence-electron chi connectivity index (χ3n) is 5.73. The minimum Gasteiger partial charge on any atom is -0.399 e. The molecule has 0 spiro atoms. The first-order chi connectivity index (χ1) is 16.0. The molecule has 5 rings (SSSR count). The smallest absolute Gasteiger partial charge is 0.270 e. The van der Waals surface area contributed by atoms with Gasteiger partial charge in [-0.25, -0.2) is 9.97 Å². The maximum Gasteiger partial charge on any atom is 0.270 e. The Bertz CT molecular complexity index is 1320. The molecule has 1 aliphatic heterocycles. The molecule has 2 aromatic heterocycles. The average molecular weight is 438 g/mol. The van der Waals surface area contributed by atoms with Crippen LogP contribution in [0.2, 0.25) is 0 Å². The molecule has 0 saturated heterocycles. The van der Waals surface area contributed by atoms with Gasteiger partial charge in [0, 0.05) is 66.8 Å². The van der Waals surface area contributed by atoms with Crippen molar-refractivity contribution in [2.24, 2.45) is 0 Å². The van der Waals surface area contributed by atoms with Crippen LogP contribution in [0.15, 0.2) is 72.9 Å². The van der Waals surface area contributed by atoms with Crippen LogP contribution in [0.4, 0.5) is 11.4 Å². The van der Waals surface area contributed by atoms with E-state index in [0.29, 0.717) is 12.4 Å². The molecular weight excluding hydrogens is 416 g/mol. The summed E-state index contributed by atoms with van der Waals surface area (Å²) in [5.41, 5.74) is 12.1. The Labute approximate surface area is 190 Å². The minimum atomic E-state index is -0.390. The van der Waals surface area contributed by atoms with Crippen LogP contribution in [-0.2, 0) is 19.5 Å². The maximum atomic E-state index is 11.1. The lowest BCUT2D eigenvalue weighted by Crippen LogP contribution is -2.31. The van der Waals surface area contributed by atoms with Crippen molar-refractivity contribution in [3.05, 3.63) is 100.0 Å². The van der Waals surface area contributed by atoms with E-state index in [4.69, 9.17) is 15.7 Å². The SMILES string of the molecule is Nc1ccc(-c2ncc3c(n2)CCN(Cc2cccc(-c4cccc([N+](=O)[O-])c4)n2)C3)cc1. The Hall–Kier alpha value is -4.17. The van der Waals surface area contributed by atoms with Crippen LogP contribution < -0.4 is 5.73 Å². The van der Waals surface area contributed by atoms with Crippen molar-refractivity contribution in [3.8, 4) is 22.6 Å². The lowest BCUT2D eigenvalue weighted by molar-refractivity contribution is -0.384. The summed E-state index contributed by atoms with van der Waals surface area (Å²) in [7, 11) is 0. The number of nitrogens with two attached hydrogens (primary N) is 1. The number of fused-ring (bicyclic) bond motifs is 1. The molecule has 0 aliphatic carbocycles. The molecule has 8 heteroatoms. The van der Waals surface area contributed by atoms with Crippen LogP contribution in [0, 0.1) is 10.1 Å². The highest BCUT2D eigenvalue weighted by Crippen LogP contribution is 2.25. The number of nitrogens with zero attached hydrogens (tertiary/aromatic N) is 5. The summed E-state index contributed by atoms with van der Waals surface area (Å²) in [4.78, 5) is 27.1. The predicted octanol–water partition coefficient (Wildman–Crippen LogP) is 4.25. The number of rotatable bonds is 5. The van der Waals surface area contributed by atoms with Crippen molar-refractivity contribution < 1.29 is 4.92 Å². The largest absolute Gasteiger partial charge is 0.399 e. The fraction of sp³-hybridized carbons (Fsp3) is 0.160. The fourth-order valence-electron chi connectivity index (χ4n) is 4.02. The summed E-state index contributed by atoms with van der Waals surface area (Å²) >= 11 is 0. The Kier molecular flexibility index (Phi) is 5.50. The number of nitrogen functional groups attached to an aromatic ring is 1. The van der Waals surface area contributed by atoms with E-state index in [1.165, 1.54) is 6.07 Å². The maximum absolute atomic E-state index is 11.1. The number of nitro benzene ring substituents is 1. The molecule has 0 atom stereocenters. The van der Waals surface area contributed by atoms with Gasteiger partial charge in [0.15, 0.2) is 5.82 Å². The van der Waals surface area contributed by atoms with Gasteiger partial charge in [0.25, 0.3) is 5.69 Å². The second-order valence-corrected chi connectivity index (χ2v) is 8.07. The molecule has 0 radical (unpaired) electrons. The molecule has 0 bridgehead atoms. The number of hydrogen-bond donors (Lipinski definition) is 1. The molecule has 1 aliphatic rings. The quantitative estimate of drug-likeness (QED) is 0.282. The van der Waals surface area contributed by atoms with Crippen molar-refractivity contribution in [1.82, 2.24) is 19.9 Å². The van der Waals surface area contributed by atoms with E-state index in [-0.39, 0.29) is 10.6 Å². The summed E-state index contributed by atoms with van der Waals surface area (Å²) in [5, 5.41) is 11.1. The number of aromatic nitrogens is 3. The molecule has 4 aromatic rings. The molecule has 0 amide bonds. The lowest BCUT2D eigenvalue weighted by atomic mass is 10.1. The van der Waals surface area contributed by atoms with Crippen molar-refractivity contribution in [2.75, 3.05) is 12.3 Å². The molecule has 33 heavy (non-hydrogen) atoms. The Morgan fingerprint density at radius 1 is 1.00 bits per heavy atom. The molecule has 0 unspecified atom stereocenters. The molecule has 8 nitrogen and oxygen atoms in total. The summed E-state index contributed by atoms with van der Waals surface area (Å²) in [6.07, 6.45) is 2.75. The summed E-state index contributed by atoms with van der Waals surface area (Å²) in [5.74, 6) is 0.716. The number of benzene rings is 2. The van der Waals surface area contributed by atoms with E-state index in [9.17, 15) is 10.1 Å². The highest BCUT2D eigenvalue weighted by atomic mass is 16.6. The van der Waals surface area contributed by atoms with Gasteiger partial charge >= 0.3 is 0 Å². The lowest BCUT2D eigenvalue weighted by Gasteiger charge is -2.27. The van der Waals surface area contributed by atoms with E-state index in [2.05, 4.69) is 9.88 Å². The van der Waals surface area contributed by atoms with Gasteiger partial charge in [-0.1, -0.05) is 18.2 Å². The second kappa shape index (κ2) is 8.76. The number of non-ortho nitro benzene ring substituents is 1. The van der Waals surface area contributed by atoms with E-state index in [0.717, 1.165) is 59.0 Å². The fourth-order valence-corrected chi connectivity index (χ4v) is 4.02. The van der Waals surface area contributed by atoms with Crippen molar-refractivity contribution in [2.45, 2.75) is 19.5 Å². The Morgan fingerprint density at radius 3 is 2.64 bits per heavy atom. The highest BCUT2D eigenvalue weighted by molar-refractivity contribution is 5.62. The first kappa shape index (κ1) is 20.7. The van der Waals surface area contributed by atoms with Gasteiger partial charge < -0.3 is 5.73 Å². The normalized spacial score (nSPS) is 13.5. The molecule has 2 aromatic carbocycles. The third kappa shape index (κ3) is 4.56. The second-order valence-electron chi connectivity index (χ2n) is 8.07. The molecule has 0 saturated carbocycles. The van der Waals surface area contributed by atoms with Crippen LogP contribution in [0.5, 0.6) is 0 Å². The van der Waals surface area contributed by atoms with Crippen LogP contribution in [0.1, 0.15) is 17.0 Å². The van der Waals surface area contributed by atoms with Gasteiger partial charge in [0.2, 0.25) is 0 Å². The van der Waals surface area contributed by atoms with Crippen molar-refractivity contribution in [3.63, 3.8) is 0 Å². The zero-order valence-corrected chi connectivity index (χ0v) is 17.9. The number of pyridine rings is 1. The zero-order chi connectivity index (χ0) is 22.8. The standard InChI is InChI=1S/C25H22N6O2/c26-20-9-7-17(8-10-20)25-27-14-19-15-30(12-11-24(19)29-25)16-21-4-2-6-23(28-21)18-3-1-5-22(13-18)31(32)33/h1-10,13-14H,11-12,15-16,26H2. The van der Waals surface area contributed by atoms with Crippen molar-refractivity contribution in [1.29, 1.82) is 0 Å². The van der Waals surface area contributed by atoms with Crippen LogP contribution >= 0.6 is 0 Å². The summed E-state index contributed by atoms with van der Waals surface area (Å²) in [6.45, 7) is 2.30. The predicted molar refractivity (Wildman–Crippen MR) is 126 cm³/mol. The van der Waals surface area contributed by atoms with Gasteiger partial charge in [0.1, 0.15) is 0 Å². The van der Waals surface area contributed by atoms with Gasteiger partial charge in [-0.05, 0) is 36.4 Å². The molecule has 3 heterocycles. The average Bonchev–Trinajstić information content (AvgIpc) is 2.84. The van der Waals surface area contributed by atoms with E-state index in [1.807, 2.05) is 54.7 Å². The number of hydrogen-bond acceptors (Lipinski definition) is 7. The molecule has 0 fully saturated rings. The molecular formula is C25H22N6O2. The summed E-state index contributed by atoms with van der Waals surface area (Å²) in [6, 6.07) is 19.9.